The zero-order chi connectivity index (χ0) is 17.0. The number of nitrogens with one attached hydrogen (secondary N) is 2. The number of hydrogen-bond acceptors (Lipinski definition) is 1. The van der Waals surface area contributed by atoms with Crippen LogP contribution in [0.2, 0.25) is 0 Å². The van der Waals surface area contributed by atoms with E-state index in [1.54, 1.807) is 0 Å². The molecule has 2 heterocycles. The second-order valence-electron chi connectivity index (χ2n) is 9.57. The minimum absolute atomic E-state index is 0.158. The first kappa shape index (κ1) is 15.9. The largest absolute Gasteiger partial charge is 0.350 e. The lowest BCUT2D eigenvalue weighted by Crippen LogP contribution is -3.11. The molecule has 1 unspecified atom stereocenters. The molecule has 0 spiro atoms. The molecule has 1 amide bonds. The van der Waals surface area contributed by atoms with Crippen LogP contribution in [-0.4, -0.2) is 29.1 Å². The van der Waals surface area contributed by atoms with Gasteiger partial charge in [-0.15, -0.1) is 0 Å². The van der Waals surface area contributed by atoms with Crippen LogP contribution in [0.15, 0.2) is 18.3 Å². The standard InChI is InChI=1S/C21H31N3O/c1-23-6-2-4-18(23)19-5-3-7-24(19)14-20(25)22-21-11-15-8-16(12-21)10-17(9-15)13-21/h2,4,6,15-17,19H,3,5,7-14H2,1H3,(H,22,25)/p+1/t15?,16?,17?,19-,21?/m1/s1. The van der Waals surface area contributed by atoms with Gasteiger partial charge in [-0.2, -0.15) is 0 Å². The van der Waals surface area contributed by atoms with Crippen LogP contribution >= 0.6 is 0 Å². The van der Waals surface area contributed by atoms with E-state index < -0.39 is 0 Å². The number of nitrogens with zero attached hydrogens (tertiary/aromatic N) is 1. The summed E-state index contributed by atoms with van der Waals surface area (Å²) in [7, 11) is 2.13. The average Bonchev–Trinajstić information content (AvgIpc) is 3.13. The summed E-state index contributed by atoms with van der Waals surface area (Å²) >= 11 is 0. The van der Waals surface area contributed by atoms with Crippen LogP contribution in [0.5, 0.6) is 0 Å². The number of amides is 1. The lowest BCUT2D eigenvalue weighted by atomic mass is 9.53. The van der Waals surface area contributed by atoms with Crippen LogP contribution < -0.4 is 10.2 Å². The van der Waals surface area contributed by atoms with Gasteiger partial charge in [0.05, 0.1) is 12.2 Å². The Morgan fingerprint density at radius 3 is 2.52 bits per heavy atom. The molecule has 2 atom stereocenters. The van der Waals surface area contributed by atoms with Gasteiger partial charge in [-0.3, -0.25) is 4.79 Å². The summed E-state index contributed by atoms with van der Waals surface area (Å²) in [6, 6.07) is 4.84. The van der Waals surface area contributed by atoms with E-state index in [1.165, 1.54) is 62.0 Å². The first-order chi connectivity index (χ1) is 12.1. The van der Waals surface area contributed by atoms with Crippen molar-refractivity contribution in [2.75, 3.05) is 13.1 Å². The SMILES string of the molecule is Cn1cccc1[C@H]1CCC[NH+]1CC(=O)NC12CC3CC(CC(C3)C1)C2. The van der Waals surface area contributed by atoms with E-state index in [0.717, 1.165) is 24.3 Å². The van der Waals surface area contributed by atoms with E-state index >= 15 is 0 Å². The molecule has 5 fully saturated rings. The van der Waals surface area contributed by atoms with E-state index in [4.69, 9.17) is 0 Å². The molecule has 4 bridgehead atoms. The summed E-state index contributed by atoms with van der Waals surface area (Å²) in [4.78, 5) is 14.4. The van der Waals surface area contributed by atoms with Crippen molar-refractivity contribution in [1.82, 2.24) is 9.88 Å². The molecule has 6 rings (SSSR count). The normalized spacial score (nSPS) is 42.0. The third-order valence-electron chi connectivity index (χ3n) is 7.65. The van der Waals surface area contributed by atoms with Gasteiger partial charge in [0.25, 0.3) is 5.91 Å². The maximum atomic E-state index is 12.9. The lowest BCUT2D eigenvalue weighted by molar-refractivity contribution is -0.911. The molecule has 1 aromatic rings. The van der Waals surface area contributed by atoms with E-state index in [2.05, 4.69) is 35.3 Å². The van der Waals surface area contributed by atoms with Gasteiger partial charge in [0.15, 0.2) is 6.54 Å². The number of hydrogen-bond donors (Lipinski definition) is 2. The third kappa shape index (κ3) is 2.83. The van der Waals surface area contributed by atoms with Gasteiger partial charge in [-0.05, 0) is 68.4 Å². The van der Waals surface area contributed by atoms with Crippen LogP contribution in [0.1, 0.15) is 63.1 Å². The highest BCUT2D eigenvalue weighted by atomic mass is 16.2. The van der Waals surface area contributed by atoms with E-state index in [9.17, 15) is 4.79 Å². The zero-order valence-electron chi connectivity index (χ0n) is 15.5. The highest BCUT2D eigenvalue weighted by Crippen LogP contribution is 2.55. The van der Waals surface area contributed by atoms with Crippen molar-refractivity contribution in [2.45, 2.75) is 62.9 Å². The Morgan fingerprint density at radius 2 is 1.92 bits per heavy atom. The second-order valence-corrected chi connectivity index (χ2v) is 9.57. The number of carbonyl (C=O) groups excluding carboxylic acids is 1. The fourth-order valence-corrected chi connectivity index (χ4v) is 7.13. The molecule has 4 heteroatoms. The van der Waals surface area contributed by atoms with Gasteiger partial charge in [-0.25, -0.2) is 0 Å². The van der Waals surface area contributed by atoms with E-state index in [-0.39, 0.29) is 5.54 Å². The van der Waals surface area contributed by atoms with Gasteiger partial charge in [0, 0.05) is 31.6 Å². The molecule has 0 radical (unpaired) electrons. The predicted molar refractivity (Wildman–Crippen MR) is 97.1 cm³/mol. The molecule has 4 saturated carbocycles. The lowest BCUT2D eigenvalue weighted by Gasteiger charge is -2.56. The van der Waals surface area contributed by atoms with Crippen molar-refractivity contribution in [2.24, 2.45) is 24.8 Å². The number of rotatable bonds is 4. The van der Waals surface area contributed by atoms with Crippen molar-refractivity contribution >= 4 is 5.91 Å². The Balaban J connectivity index is 1.26. The van der Waals surface area contributed by atoms with Crippen LogP contribution in [0, 0.1) is 17.8 Å². The number of quaternary nitrogens is 1. The topological polar surface area (TPSA) is 38.5 Å². The Kier molecular flexibility index (Phi) is 3.74. The van der Waals surface area contributed by atoms with Crippen molar-refractivity contribution in [3.8, 4) is 0 Å². The zero-order valence-corrected chi connectivity index (χ0v) is 15.5. The first-order valence-corrected chi connectivity index (χ1v) is 10.4. The molecule has 25 heavy (non-hydrogen) atoms. The van der Waals surface area contributed by atoms with Crippen molar-refractivity contribution in [3.05, 3.63) is 24.0 Å². The Bertz CT molecular complexity index is 629. The molecule has 2 N–H and O–H groups in total. The van der Waals surface area contributed by atoms with E-state index in [1.807, 2.05) is 0 Å². The molecule has 4 aliphatic carbocycles. The van der Waals surface area contributed by atoms with Gasteiger partial charge in [0.2, 0.25) is 0 Å². The molecule has 4 nitrogen and oxygen atoms in total. The van der Waals surface area contributed by atoms with Crippen LogP contribution in [0.3, 0.4) is 0 Å². The van der Waals surface area contributed by atoms with Crippen LogP contribution in [0.25, 0.3) is 0 Å². The smallest absolute Gasteiger partial charge is 0.275 e. The minimum atomic E-state index is 0.158. The molecule has 1 aromatic heterocycles. The summed E-state index contributed by atoms with van der Waals surface area (Å²) in [6.45, 7) is 1.78. The summed E-state index contributed by atoms with van der Waals surface area (Å²) in [5.41, 5.74) is 1.54. The number of aryl methyl sites for hydroxylation is 1. The van der Waals surface area contributed by atoms with Crippen molar-refractivity contribution in [3.63, 3.8) is 0 Å². The van der Waals surface area contributed by atoms with Crippen LogP contribution in [-0.2, 0) is 11.8 Å². The highest BCUT2D eigenvalue weighted by molar-refractivity contribution is 5.77. The summed E-state index contributed by atoms with van der Waals surface area (Å²) < 4.78 is 2.23. The van der Waals surface area contributed by atoms with E-state index in [0.29, 0.717) is 18.5 Å². The average molecular weight is 343 g/mol. The summed E-state index contributed by atoms with van der Waals surface area (Å²) in [5.74, 6) is 2.98. The Labute approximate surface area is 151 Å². The maximum Gasteiger partial charge on any atom is 0.275 e. The van der Waals surface area contributed by atoms with Crippen LogP contribution in [0.4, 0.5) is 0 Å². The molecule has 1 saturated heterocycles. The molecule has 0 aromatic carbocycles. The number of likely N-dealkylation sites (tertiary alicyclic amines) is 1. The Hall–Kier alpha value is -1.29. The Morgan fingerprint density at radius 1 is 1.24 bits per heavy atom. The van der Waals surface area contributed by atoms with Gasteiger partial charge < -0.3 is 14.8 Å². The molecule has 1 aliphatic heterocycles. The summed E-state index contributed by atoms with van der Waals surface area (Å²) in [6.07, 6.45) is 12.6. The van der Waals surface area contributed by atoms with Gasteiger partial charge in [0.1, 0.15) is 6.04 Å². The maximum absolute atomic E-state index is 12.9. The van der Waals surface area contributed by atoms with Crippen molar-refractivity contribution in [1.29, 1.82) is 0 Å². The molecular weight excluding hydrogens is 310 g/mol. The third-order valence-corrected chi connectivity index (χ3v) is 7.65. The van der Waals surface area contributed by atoms with Crippen molar-refractivity contribution < 1.29 is 9.69 Å². The molecule has 136 valence electrons. The molecule has 5 aliphatic rings. The number of carbonyl (C=O) groups is 1. The minimum Gasteiger partial charge on any atom is -0.350 e. The highest BCUT2D eigenvalue weighted by Gasteiger charge is 2.51. The predicted octanol–water partition coefficient (Wildman–Crippen LogP) is 1.83. The fraction of sp³-hybridized carbons (Fsp3) is 0.762. The summed E-state index contributed by atoms with van der Waals surface area (Å²) in [5, 5.41) is 3.57. The quantitative estimate of drug-likeness (QED) is 0.861. The first-order valence-electron chi connectivity index (χ1n) is 10.4. The number of aromatic nitrogens is 1. The van der Waals surface area contributed by atoms with Gasteiger partial charge in [-0.1, -0.05) is 0 Å². The molecular formula is C21H32N3O+. The monoisotopic (exact) mass is 342 g/mol. The van der Waals surface area contributed by atoms with Gasteiger partial charge >= 0.3 is 0 Å². The second kappa shape index (κ2) is 5.87. The fourth-order valence-electron chi connectivity index (χ4n) is 7.13.